The summed E-state index contributed by atoms with van der Waals surface area (Å²) in [5.41, 5.74) is 7.45. The Balaban J connectivity index is 1.85. The molecule has 4 nitrogen and oxygen atoms in total. The quantitative estimate of drug-likeness (QED) is 0.902. The van der Waals surface area contributed by atoms with E-state index in [9.17, 15) is 4.79 Å². The lowest BCUT2D eigenvalue weighted by Gasteiger charge is -2.31. The first-order valence-corrected chi connectivity index (χ1v) is 8.34. The molecule has 0 atom stereocenters. The molecule has 2 aliphatic carbocycles. The molecule has 21 heavy (non-hydrogen) atoms. The molecule has 0 saturated heterocycles. The minimum Gasteiger partial charge on any atom is -0.397 e. The monoisotopic (exact) mass is 289 g/mol. The van der Waals surface area contributed by atoms with Gasteiger partial charge in [-0.1, -0.05) is 26.7 Å². The van der Waals surface area contributed by atoms with Crippen molar-refractivity contribution in [2.45, 2.75) is 64.5 Å². The van der Waals surface area contributed by atoms with Gasteiger partial charge in [0.1, 0.15) is 5.69 Å². The van der Waals surface area contributed by atoms with Gasteiger partial charge in [0.15, 0.2) is 0 Å². The topological polar surface area (TPSA) is 51.3 Å². The molecule has 0 spiro atoms. The first-order valence-electron chi connectivity index (χ1n) is 8.34. The number of nitrogens with zero attached hydrogens (tertiary/aromatic N) is 2. The summed E-state index contributed by atoms with van der Waals surface area (Å²) >= 11 is 0. The van der Waals surface area contributed by atoms with Gasteiger partial charge in [0, 0.05) is 24.8 Å². The second-order valence-corrected chi connectivity index (χ2v) is 7.09. The Labute approximate surface area is 127 Å². The maximum absolute atomic E-state index is 13.1. The van der Waals surface area contributed by atoms with Gasteiger partial charge in [-0.3, -0.25) is 4.79 Å². The Bertz CT molecular complexity index is 510. The van der Waals surface area contributed by atoms with E-state index in [4.69, 9.17) is 5.73 Å². The number of aromatic nitrogens is 1. The van der Waals surface area contributed by atoms with Crippen LogP contribution in [0.4, 0.5) is 5.69 Å². The lowest BCUT2D eigenvalue weighted by molar-refractivity contribution is 0.0644. The number of rotatable bonds is 5. The van der Waals surface area contributed by atoms with Crippen molar-refractivity contribution in [3.05, 3.63) is 18.0 Å². The molecule has 2 fully saturated rings. The molecule has 0 radical (unpaired) electrons. The summed E-state index contributed by atoms with van der Waals surface area (Å²) in [6.45, 7) is 5.21. The van der Waals surface area contributed by atoms with Crippen molar-refractivity contribution in [1.82, 2.24) is 9.47 Å². The summed E-state index contributed by atoms with van der Waals surface area (Å²) < 4.78 is 2.11. The van der Waals surface area contributed by atoms with Gasteiger partial charge in [0.05, 0.1) is 5.69 Å². The molecule has 1 heterocycles. The fraction of sp³-hybridized carbons (Fsp3) is 0.706. The molecule has 116 valence electrons. The van der Waals surface area contributed by atoms with Gasteiger partial charge in [-0.05, 0) is 37.7 Å². The first kappa shape index (κ1) is 14.5. The second-order valence-electron chi connectivity index (χ2n) is 7.09. The predicted molar refractivity (Wildman–Crippen MR) is 85.2 cm³/mol. The van der Waals surface area contributed by atoms with Crippen molar-refractivity contribution in [1.29, 1.82) is 0 Å². The van der Waals surface area contributed by atoms with E-state index in [-0.39, 0.29) is 5.91 Å². The zero-order valence-electron chi connectivity index (χ0n) is 13.2. The lowest BCUT2D eigenvalue weighted by Crippen LogP contribution is -2.42. The zero-order valence-corrected chi connectivity index (χ0v) is 13.2. The van der Waals surface area contributed by atoms with Crippen LogP contribution >= 0.6 is 0 Å². The average molecular weight is 289 g/mol. The standard InChI is InChI=1S/C17H27N3O/c1-12(2)10-20(14-5-3-4-6-14)17(21)16-9-13(18)11-19(16)15-7-8-15/h9,11-12,14-15H,3-8,10,18H2,1-2H3. The van der Waals surface area contributed by atoms with Gasteiger partial charge in [-0.25, -0.2) is 0 Å². The molecule has 2 aliphatic rings. The Morgan fingerprint density at radius 2 is 2.00 bits per heavy atom. The van der Waals surface area contributed by atoms with Crippen LogP contribution in [0.5, 0.6) is 0 Å². The van der Waals surface area contributed by atoms with Crippen LogP contribution in [0.2, 0.25) is 0 Å². The molecule has 4 heteroatoms. The Hall–Kier alpha value is -1.45. The minimum atomic E-state index is 0.180. The summed E-state index contributed by atoms with van der Waals surface area (Å²) in [6.07, 6.45) is 9.07. The molecule has 3 rings (SSSR count). The van der Waals surface area contributed by atoms with Crippen molar-refractivity contribution < 1.29 is 4.79 Å². The van der Waals surface area contributed by atoms with Crippen LogP contribution in [0.15, 0.2) is 12.3 Å². The van der Waals surface area contributed by atoms with E-state index in [1.54, 1.807) is 0 Å². The SMILES string of the molecule is CC(C)CN(C(=O)c1cc(N)cn1C1CC1)C1CCCC1. The van der Waals surface area contributed by atoms with Gasteiger partial charge in [-0.15, -0.1) is 0 Å². The normalized spacial score (nSPS) is 19.4. The van der Waals surface area contributed by atoms with E-state index in [1.807, 2.05) is 12.3 Å². The number of hydrogen-bond donors (Lipinski definition) is 1. The van der Waals surface area contributed by atoms with E-state index < -0.39 is 0 Å². The molecule has 1 amide bonds. The maximum atomic E-state index is 13.1. The van der Waals surface area contributed by atoms with Crippen LogP contribution in [-0.2, 0) is 0 Å². The number of nitrogens with two attached hydrogens (primary N) is 1. The summed E-state index contributed by atoms with van der Waals surface area (Å²) in [4.78, 5) is 15.2. The molecule has 2 N–H and O–H groups in total. The third kappa shape index (κ3) is 3.09. The summed E-state index contributed by atoms with van der Waals surface area (Å²) in [5, 5.41) is 0. The molecule has 0 aromatic carbocycles. The number of carbonyl (C=O) groups excluding carboxylic acids is 1. The molecule has 2 saturated carbocycles. The van der Waals surface area contributed by atoms with Crippen molar-refractivity contribution >= 4 is 11.6 Å². The fourth-order valence-corrected chi connectivity index (χ4v) is 3.48. The maximum Gasteiger partial charge on any atom is 0.270 e. The van der Waals surface area contributed by atoms with Gasteiger partial charge >= 0.3 is 0 Å². The molecule has 1 aromatic rings. The van der Waals surface area contributed by atoms with Crippen LogP contribution < -0.4 is 5.73 Å². The molecule has 0 unspecified atom stereocenters. The highest BCUT2D eigenvalue weighted by molar-refractivity contribution is 5.94. The highest BCUT2D eigenvalue weighted by atomic mass is 16.2. The Morgan fingerprint density at radius 1 is 1.33 bits per heavy atom. The van der Waals surface area contributed by atoms with Crippen LogP contribution in [0.1, 0.15) is 68.9 Å². The summed E-state index contributed by atoms with van der Waals surface area (Å²) in [6, 6.07) is 2.78. The first-order chi connectivity index (χ1) is 10.1. The van der Waals surface area contributed by atoms with Crippen molar-refractivity contribution in [2.75, 3.05) is 12.3 Å². The lowest BCUT2D eigenvalue weighted by atomic mass is 10.1. The summed E-state index contributed by atoms with van der Waals surface area (Å²) in [5.74, 6) is 0.676. The van der Waals surface area contributed by atoms with E-state index in [2.05, 4.69) is 23.3 Å². The molecule has 1 aromatic heterocycles. The van der Waals surface area contributed by atoms with Crippen molar-refractivity contribution in [3.63, 3.8) is 0 Å². The molecule has 0 aliphatic heterocycles. The largest absolute Gasteiger partial charge is 0.397 e. The van der Waals surface area contributed by atoms with Crippen LogP contribution in [0.25, 0.3) is 0 Å². The van der Waals surface area contributed by atoms with Crippen LogP contribution in [0, 0.1) is 5.92 Å². The smallest absolute Gasteiger partial charge is 0.270 e. The highest BCUT2D eigenvalue weighted by Gasteiger charge is 2.33. The number of anilines is 1. The van der Waals surface area contributed by atoms with Gasteiger partial charge in [0.2, 0.25) is 0 Å². The molecular formula is C17H27N3O. The fourth-order valence-electron chi connectivity index (χ4n) is 3.48. The minimum absolute atomic E-state index is 0.180. The predicted octanol–water partition coefficient (Wildman–Crippen LogP) is 3.45. The highest BCUT2D eigenvalue weighted by Crippen LogP contribution is 2.38. The van der Waals surface area contributed by atoms with Gasteiger partial charge < -0.3 is 15.2 Å². The Morgan fingerprint density at radius 3 is 2.57 bits per heavy atom. The number of nitrogen functional groups attached to an aromatic ring is 1. The van der Waals surface area contributed by atoms with Crippen molar-refractivity contribution in [3.8, 4) is 0 Å². The number of hydrogen-bond acceptors (Lipinski definition) is 2. The van der Waals surface area contributed by atoms with E-state index in [1.165, 1.54) is 25.7 Å². The molecule has 0 bridgehead atoms. The average Bonchev–Trinajstić information content (AvgIpc) is 2.98. The van der Waals surface area contributed by atoms with Gasteiger partial charge in [-0.2, -0.15) is 0 Å². The third-order valence-corrected chi connectivity index (χ3v) is 4.62. The van der Waals surface area contributed by atoms with Gasteiger partial charge in [0.25, 0.3) is 5.91 Å². The number of amides is 1. The van der Waals surface area contributed by atoms with E-state index >= 15 is 0 Å². The van der Waals surface area contributed by atoms with Crippen LogP contribution in [0.3, 0.4) is 0 Å². The summed E-state index contributed by atoms with van der Waals surface area (Å²) in [7, 11) is 0. The van der Waals surface area contributed by atoms with Crippen molar-refractivity contribution in [2.24, 2.45) is 5.92 Å². The zero-order chi connectivity index (χ0) is 15.0. The van der Waals surface area contributed by atoms with E-state index in [0.717, 1.165) is 25.1 Å². The molecular weight excluding hydrogens is 262 g/mol. The number of carbonyl (C=O) groups is 1. The van der Waals surface area contributed by atoms with E-state index in [0.29, 0.717) is 23.7 Å². The third-order valence-electron chi connectivity index (χ3n) is 4.62. The second kappa shape index (κ2) is 5.74. The Kier molecular flexibility index (Phi) is 3.96. The van der Waals surface area contributed by atoms with Crippen LogP contribution in [-0.4, -0.2) is 28.0 Å².